The normalized spacial score (nSPS) is 13.7. The quantitative estimate of drug-likeness (QED) is 0.731. The number of methoxy groups -OCH3 is 1. The minimum absolute atomic E-state index is 0.0985. The van der Waals surface area contributed by atoms with Gasteiger partial charge in [0.25, 0.3) is 5.91 Å². The lowest BCUT2D eigenvalue weighted by Gasteiger charge is -2.34. The van der Waals surface area contributed by atoms with Crippen molar-refractivity contribution < 1.29 is 33.7 Å². The predicted molar refractivity (Wildman–Crippen MR) is 106 cm³/mol. The molecule has 0 aromatic heterocycles. The highest BCUT2D eigenvalue weighted by Crippen LogP contribution is 2.15. The second-order valence-corrected chi connectivity index (χ2v) is 6.54. The Morgan fingerprint density at radius 3 is 2.07 bits per heavy atom. The van der Waals surface area contributed by atoms with Gasteiger partial charge in [-0.3, -0.25) is 9.69 Å². The van der Waals surface area contributed by atoms with Gasteiger partial charge in [-0.15, -0.1) is 0 Å². The molecular weight excluding hydrogens is 395 g/mol. The molecule has 3 rings (SSSR count). The van der Waals surface area contributed by atoms with Crippen LogP contribution in [0.4, 0.5) is 4.39 Å². The average molecular weight is 418 g/mol. The molecule has 0 bridgehead atoms. The van der Waals surface area contributed by atoms with E-state index in [9.17, 15) is 9.18 Å². The molecule has 1 aliphatic heterocycles. The van der Waals surface area contributed by atoms with Crippen molar-refractivity contribution in [3.05, 3.63) is 65.5 Å². The van der Waals surface area contributed by atoms with Gasteiger partial charge in [-0.2, -0.15) is 0 Å². The lowest BCUT2D eigenvalue weighted by molar-refractivity contribution is -0.159. The van der Waals surface area contributed by atoms with Crippen molar-refractivity contribution in [2.24, 2.45) is 0 Å². The molecular formula is C21H23FN2O6. The number of hydrogen-bond acceptors (Lipinski definition) is 5. The third-order valence-electron chi connectivity index (χ3n) is 4.48. The SMILES string of the molecule is COc1ccc(CN2CCN(C(=O)c3cccc(F)c3)CC2)cc1.O=C(O)C(=O)O. The summed E-state index contributed by atoms with van der Waals surface area (Å²) in [6.45, 7) is 3.79. The van der Waals surface area contributed by atoms with Gasteiger partial charge in [0.15, 0.2) is 0 Å². The maximum absolute atomic E-state index is 13.3. The van der Waals surface area contributed by atoms with Gasteiger partial charge in [0.05, 0.1) is 7.11 Å². The van der Waals surface area contributed by atoms with Crippen LogP contribution in [0, 0.1) is 5.82 Å². The molecule has 0 spiro atoms. The summed E-state index contributed by atoms with van der Waals surface area (Å²) in [5, 5.41) is 14.8. The van der Waals surface area contributed by atoms with Crippen LogP contribution in [0.25, 0.3) is 0 Å². The van der Waals surface area contributed by atoms with Crippen molar-refractivity contribution in [2.45, 2.75) is 6.54 Å². The van der Waals surface area contributed by atoms with Crippen LogP contribution in [0.5, 0.6) is 5.75 Å². The van der Waals surface area contributed by atoms with Crippen LogP contribution < -0.4 is 4.74 Å². The van der Waals surface area contributed by atoms with Crippen LogP contribution in [0.2, 0.25) is 0 Å². The van der Waals surface area contributed by atoms with Gasteiger partial charge in [0.2, 0.25) is 0 Å². The fourth-order valence-electron chi connectivity index (χ4n) is 2.90. The van der Waals surface area contributed by atoms with Gasteiger partial charge >= 0.3 is 11.9 Å². The fraction of sp³-hybridized carbons (Fsp3) is 0.286. The highest BCUT2D eigenvalue weighted by molar-refractivity contribution is 6.27. The Morgan fingerprint density at radius 1 is 0.967 bits per heavy atom. The summed E-state index contributed by atoms with van der Waals surface area (Å²) in [5.41, 5.74) is 1.64. The molecule has 2 aromatic rings. The Balaban J connectivity index is 0.000000469. The number of rotatable bonds is 4. The van der Waals surface area contributed by atoms with Gasteiger partial charge in [-0.25, -0.2) is 14.0 Å². The van der Waals surface area contributed by atoms with E-state index in [1.165, 1.54) is 17.7 Å². The first kappa shape index (κ1) is 22.8. The van der Waals surface area contributed by atoms with Crippen molar-refractivity contribution in [1.82, 2.24) is 9.80 Å². The summed E-state index contributed by atoms with van der Waals surface area (Å²) >= 11 is 0. The van der Waals surface area contributed by atoms with Crippen LogP contribution >= 0.6 is 0 Å². The molecule has 0 saturated carbocycles. The summed E-state index contributed by atoms with van der Waals surface area (Å²) in [7, 11) is 1.66. The van der Waals surface area contributed by atoms with E-state index in [0.717, 1.165) is 25.4 Å². The Bertz CT molecular complexity index is 867. The van der Waals surface area contributed by atoms with E-state index in [4.69, 9.17) is 24.5 Å². The molecule has 0 unspecified atom stereocenters. The number of ether oxygens (including phenoxy) is 1. The van der Waals surface area contributed by atoms with Gasteiger partial charge in [0, 0.05) is 38.3 Å². The van der Waals surface area contributed by atoms with Crippen molar-refractivity contribution in [3.8, 4) is 5.75 Å². The number of nitrogens with zero attached hydrogens (tertiary/aromatic N) is 2. The smallest absolute Gasteiger partial charge is 0.414 e. The maximum atomic E-state index is 13.3. The lowest BCUT2D eigenvalue weighted by atomic mass is 10.1. The molecule has 9 heteroatoms. The Morgan fingerprint density at radius 2 is 1.57 bits per heavy atom. The largest absolute Gasteiger partial charge is 0.497 e. The molecule has 0 atom stereocenters. The molecule has 0 radical (unpaired) electrons. The topological polar surface area (TPSA) is 107 Å². The minimum atomic E-state index is -1.82. The first-order valence-electron chi connectivity index (χ1n) is 9.16. The molecule has 2 N–H and O–H groups in total. The molecule has 8 nitrogen and oxygen atoms in total. The van der Waals surface area contributed by atoms with Crippen molar-refractivity contribution in [1.29, 1.82) is 0 Å². The molecule has 0 aliphatic carbocycles. The van der Waals surface area contributed by atoms with Gasteiger partial charge < -0.3 is 19.8 Å². The summed E-state index contributed by atoms with van der Waals surface area (Å²) in [4.78, 5) is 34.7. The number of halogens is 1. The van der Waals surface area contributed by atoms with Crippen molar-refractivity contribution in [3.63, 3.8) is 0 Å². The monoisotopic (exact) mass is 418 g/mol. The van der Waals surface area contributed by atoms with Crippen molar-refractivity contribution in [2.75, 3.05) is 33.3 Å². The van der Waals surface area contributed by atoms with E-state index in [1.54, 1.807) is 24.1 Å². The highest BCUT2D eigenvalue weighted by atomic mass is 19.1. The zero-order valence-corrected chi connectivity index (χ0v) is 16.5. The number of carboxylic acid groups (broad SMARTS) is 2. The summed E-state index contributed by atoms with van der Waals surface area (Å²) in [6.07, 6.45) is 0. The minimum Gasteiger partial charge on any atom is -0.497 e. The van der Waals surface area contributed by atoms with Crippen LogP contribution in [0.15, 0.2) is 48.5 Å². The second-order valence-electron chi connectivity index (χ2n) is 6.54. The molecule has 1 heterocycles. The van der Waals surface area contributed by atoms with Gasteiger partial charge in [-0.05, 0) is 35.9 Å². The van der Waals surface area contributed by atoms with Crippen LogP contribution in [-0.4, -0.2) is 71.1 Å². The number of carboxylic acids is 2. The van der Waals surface area contributed by atoms with E-state index >= 15 is 0 Å². The third kappa shape index (κ3) is 6.85. The van der Waals surface area contributed by atoms with Gasteiger partial charge in [-0.1, -0.05) is 18.2 Å². The Hall–Kier alpha value is -3.46. The Kier molecular flexibility index (Phi) is 8.30. The zero-order valence-electron chi connectivity index (χ0n) is 16.5. The van der Waals surface area contributed by atoms with E-state index in [1.807, 2.05) is 12.1 Å². The maximum Gasteiger partial charge on any atom is 0.414 e. The number of benzene rings is 2. The van der Waals surface area contributed by atoms with Crippen LogP contribution in [0.1, 0.15) is 15.9 Å². The van der Waals surface area contributed by atoms with E-state index in [0.29, 0.717) is 18.7 Å². The predicted octanol–water partition coefficient (Wildman–Crippen LogP) is 1.95. The first-order chi connectivity index (χ1) is 14.3. The van der Waals surface area contributed by atoms with Crippen LogP contribution in [0.3, 0.4) is 0 Å². The standard InChI is InChI=1S/C19H21FN2O2.C2H2O4/c1-24-18-7-5-15(6-8-18)14-21-9-11-22(12-10-21)19(23)16-3-2-4-17(20)13-16;3-1(4)2(5)6/h2-8,13H,9-12,14H2,1H3;(H,3,4)(H,5,6). The number of amides is 1. The first-order valence-corrected chi connectivity index (χ1v) is 9.16. The number of carbonyl (C=O) groups is 3. The molecule has 2 aromatic carbocycles. The molecule has 1 aliphatic rings. The number of piperazine rings is 1. The molecule has 30 heavy (non-hydrogen) atoms. The number of aliphatic carboxylic acids is 2. The summed E-state index contributed by atoms with van der Waals surface area (Å²) in [5.74, 6) is -3.27. The molecule has 1 amide bonds. The van der Waals surface area contributed by atoms with Crippen molar-refractivity contribution >= 4 is 17.8 Å². The zero-order chi connectivity index (χ0) is 22.1. The summed E-state index contributed by atoms with van der Waals surface area (Å²) in [6, 6.07) is 13.9. The fourth-order valence-corrected chi connectivity index (χ4v) is 2.90. The summed E-state index contributed by atoms with van der Waals surface area (Å²) < 4.78 is 18.4. The number of hydrogen-bond donors (Lipinski definition) is 2. The van der Waals surface area contributed by atoms with E-state index in [-0.39, 0.29) is 11.7 Å². The van der Waals surface area contributed by atoms with Crippen LogP contribution in [-0.2, 0) is 16.1 Å². The average Bonchev–Trinajstić information content (AvgIpc) is 2.75. The molecule has 160 valence electrons. The van der Waals surface area contributed by atoms with Gasteiger partial charge in [0.1, 0.15) is 11.6 Å². The highest BCUT2D eigenvalue weighted by Gasteiger charge is 2.22. The third-order valence-corrected chi connectivity index (χ3v) is 4.48. The molecule has 1 fully saturated rings. The number of carbonyl (C=O) groups excluding carboxylic acids is 1. The molecule has 1 saturated heterocycles. The van der Waals surface area contributed by atoms with E-state index < -0.39 is 11.9 Å². The van der Waals surface area contributed by atoms with E-state index in [2.05, 4.69) is 17.0 Å². The second kappa shape index (κ2) is 10.9. The Labute approximate surface area is 173 Å². The lowest BCUT2D eigenvalue weighted by Crippen LogP contribution is -2.48.